The van der Waals surface area contributed by atoms with E-state index in [0.717, 1.165) is 10.5 Å². The third-order valence-corrected chi connectivity index (χ3v) is 4.90. The summed E-state index contributed by atoms with van der Waals surface area (Å²) in [5, 5.41) is 0.496. The molecule has 146 valence electrons. The number of furan rings is 1. The van der Waals surface area contributed by atoms with Crippen LogP contribution in [-0.4, -0.2) is 33.6 Å². The molecule has 0 saturated carbocycles. The number of amides is 3. The van der Waals surface area contributed by atoms with Crippen molar-refractivity contribution in [2.24, 2.45) is 0 Å². The first-order valence-electron chi connectivity index (χ1n) is 8.90. The summed E-state index contributed by atoms with van der Waals surface area (Å²) in [5.41, 5.74) is 1.15. The summed E-state index contributed by atoms with van der Waals surface area (Å²) in [6, 6.07) is 12.1. The van der Waals surface area contributed by atoms with Gasteiger partial charge in [-0.3, -0.25) is 19.4 Å². The molecular formula is C21H16ClN3O4. The van der Waals surface area contributed by atoms with Crippen LogP contribution in [0.5, 0.6) is 0 Å². The summed E-state index contributed by atoms with van der Waals surface area (Å²) in [6.45, 7) is 0.117. The molecule has 29 heavy (non-hydrogen) atoms. The largest absolute Gasteiger partial charge is 0.459 e. The van der Waals surface area contributed by atoms with Crippen molar-refractivity contribution in [3.63, 3.8) is 0 Å². The second kappa shape index (κ2) is 7.89. The molecule has 1 unspecified atom stereocenters. The van der Waals surface area contributed by atoms with Crippen LogP contribution >= 0.6 is 11.6 Å². The highest BCUT2D eigenvalue weighted by Crippen LogP contribution is 2.28. The Kier molecular flexibility index (Phi) is 5.14. The van der Waals surface area contributed by atoms with Crippen molar-refractivity contribution in [3.05, 3.63) is 83.5 Å². The number of carbonyl (C=O) groups excluding carboxylic acids is 3. The van der Waals surface area contributed by atoms with Crippen LogP contribution in [-0.2, 0) is 16.1 Å². The average Bonchev–Trinajstić information content (AvgIpc) is 3.36. The van der Waals surface area contributed by atoms with Gasteiger partial charge in [0, 0.05) is 24.0 Å². The molecule has 8 heteroatoms. The second-order valence-electron chi connectivity index (χ2n) is 6.54. The number of benzene rings is 1. The molecule has 7 nitrogen and oxygen atoms in total. The zero-order valence-electron chi connectivity index (χ0n) is 15.2. The first-order valence-corrected chi connectivity index (χ1v) is 9.28. The summed E-state index contributed by atoms with van der Waals surface area (Å²) in [5.74, 6) is -1.23. The van der Waals surface area contributed by atoms with E-state index in [1.807, 2.05) is 0 Å². The lowest BCUT2D eigenvalue weighted by atomic mass is 10.1. The Bertz CT molecular complexity index is 1040. The van der Waals surface area contributed by atoms with Gasteiger partial charge in [0.25, 0.3) is 11.8 Å². The zero-order chi connectivity index (χ0) is 20.4. The second-order valence-corrected chi connectivity index (χ2v) is 6.97. The van der Waals surface area contributed by atoms with E-state index in [2.05, 4.69) is 4.98 Å². The molecule has 1 aliphatic heterocycles. The van der Waals surface area contributed by atoms with E-state index in [9.17, 15) is 14.4 Å². The first kappa shape index (κ1) is 18.9. The number of halogens is 1. The minimum absolute atomic E-state index is 0.0964. The molecule has 4 rings (SSSR count). The van der Waals surface area contributed by atoms with E-state index < -0.39 is 17.9 Å². The lowest BCUT2D eigenvalue weighted by Crippen LogP contribution is -2.45. The van der Waals surface area contributed by atoms with Gasteiger partial charge in [-0.25, -0.2) is 4.90 Å². The highest BCUT2D eigenvalue weighted by molar-refractivity contribution is 6.31. The Morgan fingerprint density at radius 2 is 1.97 bits per heavy atom. The van der Waals surface area contributed by atoms with Crippen LogP contribution in [0, 0.1) is 0 Å². The van der Waals surface area contributed by atoms with E-state index in [1.54, 1.807) is 54.9 Å². The van der Waals surface area contributed by atoms with Gasteiger partial charge in [0.2, 0.25) is 5.91 Å². The number of carbonyl (C=O) groups is 3. The number of aromatic nitrogens is 1. The smallest absolute Gasteiger partial charge is 0.290 e. The van der Waals surface area contributed by atoms with Crippen molar-refractivity contribution >= 4 is 35.0 Å². The molecule has 3 aromatic rings. The molecular weight excluding hydrogens is 394 g/mol. The maximum Gasteiger partial charge on any atom is 0.290 e. The summed E-state index contributed by atoms with van der Waals surface area (Å²) in [7, 11) is 0. The maximum absolute atomic E-state index is 13.1. The zero-order valence-corrected chi connectivity index (χ0v) is 16.0. The van der Waals surface area contributed by atoms with Crippen LogP contribution in [0.15, 0.2) is 71.6 Å². The Labute approximate surface area is 171 Å². The number of hydrogen-bond acceptors (Lipinski definition) is 5. The van der Waals surface area contributed by atoms with Gasteiger partial charge in [-0.15, -0.1) is 0 Å². The quantitative estimate of drug-likeness (QED) is 0.604. The monoisotopic (exact) mass is 409 g/mol. The molecule has 0 radical (unpaired) electrons. The number of pyridine rings is 1. The number of imide groups is 1. The highest BCUT2D eigenvalue weighted by Gasteiger charge is 2.45. The number of nitrogens with zero attached hydrogens (tertiary/aromatic N) is 3. The van der Waals surface area contributed by atoms with Gasteiger partial charge in [-0.05, 0) is 48.0 Å². The standard InChI is InChI=1S/C21H16ClN3O4/c22-15-5-7-16(8-6-15)25-19(26)11-17(20(25)27)24(13-14-3-1-9-23-12-14)21(28)18-4-2-10-29-18/h1-10,12,17H,11,13H2. The lowest BCUT2D eigenvalue weighted by molar-refractivity contribution is -0.122. The topological polar surface area (TPSA) is 83.7 Å². The molecule has 2 aromatic heterocycles. The molecule has 1 saturated heterocycles. The van der Waals surface area contributed by atoms with Gasteiger partial charge in [0.15, 0.2) is 5.76 Å². The van der Waals surface area contributed by atoms with Gasteiger partial charge in [0.1, 0.15) is 6.04 Å². The van der Waals surface area contributed by atoms with Gasteiger partial charge in [-0.1, -0.05) is 17.7 Å². The number of anilines is 1. The fourth-order valence-corrected chi connectivity index (χ4v) is 3.40. The molecule has 1 fully saturated rings. The normalized spacial score (nSPS) is 16.3. The van der Waals surface area contributed by atoms with Crippen LogP contribution in [0.1, 0.15) is 22.5 Å². The van der Waals surface area contributed by atoms with Crippen LogP contribution in [0.3, 0.4) is 0 Å². The molecule has 0 bridgehead atoms. The minimum atomic E-state index is -0.948. The van der Waals surface area contributed by atoms with Crippen molar-refractivity contribution in [2.45, 2.75) is 19.0 Å². The highest BCUT2D eigenvalue weighted by atomic mass is 35.5. The Morgan fingerprint density at radius 1 is 1.17 bits per heavy atom. The summed E-state index contributed by atoms with van der Waals surface area (Å²) < 4.78 is 5.23. The third kappa shape index (κ3) is 3.77. The molecule has 1 aromatic carbocycles. The molecule has 1 aliphatic rings. The molecule has 0 N–H and O–H groups in total. The fraction of sp³-hybridized carbons (Fsp3) is 0.143. The molecule has 1 atom stereocenters. The van der Waals surface area contributed by atoms with Crippen LogP contribution in [0.2, 0.25) is 5.02 Å². The molecule has 0 aliphatic carbocycles. The lowest BCUT2D eigenvalue weighted by Gasteiger charge is -2.27. The van der Waals surface area contributed by atoms with Gasteiger partial charge in [0.05, 0.1) is 18.4 Å². The SMILES string of the molecule is O=C1CC(N(Cc2cccnc2)C(=O)c2ccco2)C(=O)N1c1ccc(Cl)cc1. The van der Waals surface area contributed by atoms with E-state index >= 15 is 0 Å². The van der Waals surface area contributed by atoms with Crippen molar-refractivity contribution in [1.29, 1.82) is 0 Å². The van der Waals surface area contributed by atoms with Crippen molar-refractivity contribution in [3.8, 4) is 0 Å². The Morgan fingerprint density at radius 3 is 2.62 bits per heavy atom. The van der Waals surface area contributed by atoms with Crippen LogP contribution in [0.25, 0.3) is 0 Å². The van der Waals surface area contributed by atoms with Crippen LogP contribution in [0.4, 0.5) is 5.69 Å². The summed E-state index contributed by atoms with van der Waals surface area (Å²) in [4.78, 5) is 45.3. The molecule has 3 heterocycles. The Balaban J connectivity index is 1.66. The Hall–Kier alpha value is -3.45. The van der Waals surface area contributed by atoms with Crippen LogP contribution < -0.4 is 4.90 Å². The number of rotatable bonds is 5. The molecule has 3 amide bonds. The van der Waals surface area contributed by atoms with Gasteiger partial charge < -0.3 is 9.32 Å². The minimum Gasteiger partial charge on any atom is -0.459 e. The third-order valence-electron chi connectivity index (χ3n) is 4.65. The molecule has 0 spiro atoms. The predicted molar refractivity (Wildman–Crippen MR) is 105 cm³/mol. The van der Waals surface area contributed by atoms with Gasteiger partial charge >= 0.3 is 0 Å². The van der Waals surface area contributed by atoms with Crippen molar-refractivity contribution in [1.82, 2.24) is 9.88 Å². The first-order chi connectivity index (χ1) is 14.0. The van der Waals surface area contributed by atoms with Crippen molar-refractivity contribution < 1.29 is 18.8 Å². The maximum atomic E-state index is 13.1. The average molecular weight is 410 g/mol. The van der Waals surface area contributed by atoms with Gasteiger partial charge in [-0.2, -0.15) is 0 Å². The van der Waals surface area contributed by atoms with E-state index in [1.165, 1.54) is 17.2 Å². The summed E-state index contributed by atoms with van der Waals surface area (Å²) >= 11 is 5.90. The van der Waals surface area contributed by atoms with E-state index in [4.69, 9.17) is 16.0 Å². The van der Waals surface area contributed by atoms with E-state index in [-0.39, 0.29) is 24.6 Å². The van der Waals surface area contributed by atoms with Crippen molar-refractivity contribution in [2.75, 3.05) is 4.90 Å². The fourth-order valence-electron chi connectivity index (χ4n) is 3.27. The number of hydrogen-bond donors (Lipinski definition) is 0. The predicted octanol–water partition coefficient (Wildman–Crippen LogP) is 3.30. The van der Waals surface area contributed by atoms with E-state index in [0.29, 0.717) is 10.7 Å². The summed E-state index contributed by atoms with van der Waals surface area (Å²) in [6.07, 6.45) is 4.50.